The van der Waals surface area contributed by atoms with Crippen LogP contribution in [0.1, 0.15) is 55.7 Å². The summed E-state index contributed by atoms with van der Waals surface area (Å²) < 4.78 is 2.13. The molecule has 2 aliphatic rings. The predicted octanol–water partition coefficient (Wildman–Crippen LogP) is 4.06. The average Bonchev–Trinajstić information content (AvgIpc) is 2.95. The molecule has 1 aromatic carbocycles. The van der Waals surface area contributed by atoms with E-state index in [2.05, 4.69) is 50.0 Å². The van der Waals surface area contributed by atoms with Gasteiger partial charge in [0.25, 0.3) is 0 Å². The summed E-state index contributed by atoms with van der Waals surface area (Å²) in [6.45, 7) is 3.19. The lowest BCUT2D eigenvalue weighted by Crippen LogP contribution is -2.29. The van der Waals surface area contributed by atoms with Crippen molar-refractivity contribution in [3.05, 3.63) is 41.5 Å². The van der Waals surface area contributed by atoms with Crippen molar-refractivity contribution in [2.45, 2.75) is 51.5 Å². The molecule has 5 nitrogen and oxygen atoms in total. The van der Waals surface area contributed by atoms with Crippen molar-refractivity contribution in [2.24, 2.45) is 0 Å². The number of anilines is 1. The molecule has 0 N–H and O–H groups in total. The first kappa shape index (κ1) is 16.8. The van der Waals surface area contributed by atoms with Gasteiger partial charge in [0.2, 0.25) is 0 Å². The predicted molar refractivity (Wildman–Crippen MR) is 104 cm³/mol. The van der Waals surface area contributed by atoms with E-state index in [-0.39, 0.29) is 0 Å². The number of aryl methyl sites for hydroxylation is 1. The van der Waals surface area contributed by atoms with Crippen molar-refractivity contribution in [3.63, 3.8) is 0 Å². The SMILES string of the molecule is N#CC(=Cc1ccc(N2CCCCC2)cc1)c1nnc2n1CCCCC2. The van der Waals surface area contributed by atoms with Crippen LogP contribution < -0.4 is 4.90 Å². The van der Waals surface area contributed by atoms with Crippen molar-refractivity contribution in [1.82, 2.24) is 14.8 Å². The highest BCUT2D eigenvalue weighted by Gasteiger charge is 2.17. The molecule has 5 heteroatoms. The first-order valence-corrected chi connectivity index (χ1v) is 9.74. The minimum atomic E-state index is 0.594. The summed E-state index contributed by atoms with van der Waals surface area (Å²) in [5.41, 5.74) is 2.90. The average molecular weight is 347 g/mol. The molecule has 0 atom stereocenters. The third kappa shape index (κ3) is 3.50. The molecule has 2 aliphatic heterocycles. The van der Waals surface area contributed by atoms with E-state index in [4.69, 9.17) is 0 Å². The lowest BCUT2D eigenvalue weighted by Gasteiger charge is -2.28. The van der Waals surface area contributed by atoms with E-state index in [0.29, 0.717) is 11.4 Å². The van der Waals surface area contributed by atoms with E-state index >= 15 is 0 Å². The van der Waals surface area contributed by atoms with E-state index in [1.165, 1.54) is 31.4 Å². The van der Waals surface area contributed by atoms with Gasteiger partial charge in [0.15, 0.2) is 5.82 Å². The summed E-state index contributed by atoms with van der Waals surface area (Å²) in [6.07, 6.45) is 10.3. The molecule has 4 rings (SSSR count). The minimum Gasteiger partial charge on any atom is -0.372 e. The fourth-order valence-electron chi connectivity index (χ4n) is 3.93. The Morgan fingerprint density at radius 1 is 0.923 bits per heavy atom. The number of nitriles is 1. The summed E-state index contributed by atoms with van der Waals surface area (Å²) >= 11 is 0. The Balaban J connectivity index is 1.58. The summed E-state index contributed by atoms with van der Waals surface area (Å²) in [7, 11) is 0. The molecule has 0 saturated carbocycles. The zero-order chi connectivity index (χ0) is 17.8. The maximum absolute atomic E-state index is 9.68. The van der Waals surface area contributed by atoms with Gasteiger partial charge in [0.05, 0.1) is 5.57 Å². The number of nitrogens with zero attached hydrogens (tertiary/aromatic N) is 5. The standard InChI is InChI=1S/C21H25N5/c22-16-18(21-24-23-20-7-3-1-6-14-26(20)21)15-17-8-10-19(11-9-17)25-12-4-2-5-13-25/h8-11,15H,1-7,12-14H2. The molecule has 1 saturated heterocycles. The van der Waals surface area contributed by atoms with Gasteiger partial charge >= 0.3 is 0 Å². The van der Waals surface area contributed by atoms with E-state index in [1.54, 1.807) is 0 Å². The molecule has 0 unspecified atom stereocenters. The van der Waals surface area contributed by atoms with E-state index in [9.17, 15) is 5.26 Å². The third-order valence-electron chi connectivity index (χ3n) is 5.40. The monoisotopic (exact) mass is 347 g/mol. The maximum Gasteiger partial charge on any atom is 0.174 e. The first-order chi connectivity index (χ1) is 12.8. The largest absolute Gasteiger partial charge is 0.372 e. The van der Waals surface area contributed by atoms with Gasteiger partial charge in [-0.15, -0.1) is 10.2 Å². The number of rotatable bonds is 3. The molecule has 0 amide bonds. The van der Waals surface area contributed by atoms with Crippen molar-refractivity contribution in [2.75, 3.05) is 18.0 Å². The summed E-state index contributed by atoms with van der Waals surface area (Å²) in [4.78, 5) is 2.45. The topological polar surface area (TPSA) is 57.7 Å². The molecule has 134 valence electrons. The molecule has 2 aromatic rings. The number of aromatic nitrogens is 3. The van der Waals surface area contributed by atoms with Gasteiger partial charge in [-0.3, -0.25) is 0 Å². The molecule has 26 heavy (non-hydrogen) atoms. The smallest absolute Gasteiger partial charge is 0.174 e. The van der Waals surface area contributed by atoms with Crippen LogP contribution in [0.15, 0.2) is 24.3 Å². The Hall–Kier alpha value is -2.61. The fraction of sp³-hybridized carbons (Fsp3) is 0.476. The van der Waals surface area contributed by atoms with Crippen LogP contribution in [0.3, 0.4) is 0 Å². The van der Waals surface area contributed by atoms with Crippen LogP contribution in [0, 0.1) is 11.3 Å². The van der Waals surface area contributed by atoms with Crippen LogP contribution in [0.5, 0.6) is 0 Å². The second-order valence-corrected chi connectivity index (χ2v) is 7.21. The van der Waals surface area contributed by atoms with Gasteiger partial charge in [-0.25, -0.2) is 0 Å². The Morgan fingerprint density at radius 3 is 2.42 bits per heavy atom. The van der Waals surface area contributed by atoms with Crippen LogP contribution in [0.4, 0.5) is 5.69 Å². The second-order valence-electron chi connectivity index (χ2n) is 7.21. The first-order valence-electron chi connectivity index (χ1n) is 9.74. The quantitative estimate of drug-likeness (QED) is 0.786. The Morgan fingerprint density at radius 2 is 1.65 bits per heavy atom. The van der Waals surface area contributed by atoms with Crippen molar-refractivity contribution in [1.29, 1.82) is 5.26 Å². The fourth-order valence-corrected chi connectivity index (χ4v) is 3.93. The van der Waals surface area contributed by atoms with E-state index in [1.807, 2.05) is 6.08 Å². The zero-order valence-corrected chi connectivity index (χ0v) is 15.2. The number of allylic oxidation sites excluding steroid dienone is 1. The highest BCUT2D eigenvalue weighted by atomic mass is 15.3. The zero-order valence-electron chi connectivity index (χ0n) is 15.2. The summed E-state index contributed by atoms with van der Waals surface area (Å²) in [5.74, 6) is 1.73. The maximum atomic E-state index is 9.68. The van der Waals surface area contributed by atoms with Crippen molar-refractivity contribution in [3.8, 4) is 6.07 Å². The molecule has 0 bridgehead atoms. The van der Waals surface area contributed by atoms with Crippen LogP contribution in [-0.4, -0.2) is 27.9 Å². The van der Waals surface area contributed by atoms with Gasteiger partial charge in [-0.2, -0.15) is 5.26 Å². The van der Waals surface area contributed by atoms with E-state index < -0.39 is 0 Å². The number of hydrogen-bond acceptors (Lipinski definition) is 4. The number of benzene rings is 1. The van der Waals surface area contributed by atoms with Crippen LogP contribution in [-0.2, 0) is 13.0 Å². The normalized spacial score (nSPS) is 18.1. The Bertz CT molecular complexity index is 819. The molecular weight excluding hydrogens is 322 g/mol. The van der Waals surface area contributed by atoms with Crippen LogP contribution in [0.2, 0.25) is 0 Å². The van der Waals surface area contributed by atoms with Gasteiger partial charge in [0.1, 0.15) is 11.9 Å². The van der Waals surface area contributed by atoms with Crippen LogP contribution in [0.25, 0.3) is 11.6 Å². The van der Waals surface area contributed by atoms with E-state index in [0.717, 1.165) is 50.3 Å². The van der Waals surface area contributed by atoms with Crippen LogP contribution >= 0.6 is 0 Å². The minimum absolute atomic E-state index is 0.594. The number of piperidine rings is 1. The number of hydrogen-bond donors (Lipinski definition) is 0. The lowest BCUT2D eigenvalue weighted by atomic mass is 10.1. The number of fused-ring (bicyclic) bond motifs is 1. The summed E-state index contributed by atoms with van der Waals surface area (Å²) in [5, 5.41) is 18.3. The highest BCUT2D eigenvalue weighted by molar-refractivity contribution is 5.87. The molecule has 0 radical (unpaired) electrons. The van der Waals surface area contributed by atoms with Crippen molar-refractivity contribution < 1.29 is 0 Å². The molecule has 0 spiro atoms. The van der Waals surface area contributed by atoms with Gasteiger partial charge in [-0.05, 0) is 55.9 Å². The third-order valence-corrected chi connectivity index (χ3v) is 5.40. The van der Waals surface area contributed by atoms with Gasteiger partial charge < -0.3 is 9.47 Å². The molecule has 1 aromatic heterocycles. The molecular formula is C21H25N5. The summed E-state index contributed by atoms with van der Waals surface area (Å²) in [6, 6.07) is 10.9. The van der Waals surface area contributed by atoms with Gasteiger partial charge in [0, 0.05) is 31.7 Å². The molecule has 0 aliphatic carbocycles. The second kappa shape index (κ2) is 7.74. The highest BCUT2D eigenvalue weighted by Crippen LogP contribution is 2.24. The molecule has 1 fully saturated rings. The lowest BCUT2D eigenvalue weighted by molar-refractivity contribution is 0.578. The Kier molecular flexibility index (Phi) is 5.01. The molecule has 3 heterocycles. The Labute approximate surface area is 155 Å². The van der Waals surface area contributed by atoms with Crippen molar-refractivity contribution >= 4 is 17.3 Å². The van der Waals surface area contributed by atoms with Gasteiger partial charge in [-0.1, -0.05) is 18.6 Å².